The lowest BCUT2D eigenvalue weighted by molar-refractivity contribution is 0.0696. The predicted molar refractivity (Wildman–Crippen MR) is 86.9 cm³/mol. The third-order valence-corrected chi connectivity index (χ3v) is 7.60. The number of thioether (sulfide) groups is 2. The topological polar surface area (TPSA) is 83.5 Å². The number of sulfonamides is 1. The van der Waals surface area contributed by atoms with Crippen LogP contribution < -0.4 is 4.72 Å². The number of benzene rings is 1. The summed E-state index contributed by atoms with van der Waals surface area (Å²) < 4.78 is 27.3. The smallest absolute Gasteiger partial charge is 0.335 e. The lowest BCUT2D eigenvalue weighted by atomic mass is 10.1. The highest BCUT2D eigenvalue weighted by atomic mass is 32.2. The molecule has 116 valence electrons. The average molecular weight is 347 g/mol. The van der Waals surface area contributed by atoms with E-state index in [1.165, 1.54) is 25.1 Å². The maximum Gasteiger partial charge on any atom is 0.335 e. The van der Waals surface area contributed by atoms with Gasteiger partial charge in [0.2, 0.25) is 10.0 Å². The zero-order valence-corrected chi connectivity index (χ0v) is 14.0. The van der Waals surface area contributed by atoms with Crippen LogP contribution in [0.2, 0.25) is 0 Å². The molecule has 0 bridgehead atoms. The van der Waals surface area contributed by atoms with Crippen LogP contribution >= 0.6 is 23.5 Å². The van der Waals surface area contributed by atoms with E-state index in [9.17, 15) is 13.2 Å². The zero-order chi connectivity index (χ0) is 15.5. The maximum atomic E-state index is 12.4. The van der Waals surface area contributed by atoms with Gasteiger partial charge in [0.1, 0.15) is 0 Å². The Morgan fingerprint density at radius 3 is 2.81 bits per heavy atom. The molecule has 1 unspecified atom stereocenters. The van der Waals surface area contributed by atoms with Crippen molar-refractivity contribution in [3.8, 4) is 0 Å². The summed E-state index contributed by atoms with van der Waals surface area (Å²) in [6.45, 7) is 1.89. The molecule has 2 N–H and O–H groups in total. The lowest BCUT2D eigenvalue weighted by Crippen LogP contribution is -2.34. The number of carboxylic acid groups (broad SMARTS) is 1. The highest BCUT2D eigenvalue weighted by Crippen LogP contribution is 2.24. The van der Waals surface area contributed by atoms with E-state index in [1.54, 1.807) is 11.8 Å². The second kappa shape index (κ2) is 7.04. The Morgan fingerprint density at radius 1 is 1.43 bits per heavy atom. The fourth-order valence-electron chi connectivity index (χ4n) is 2.07. The van der Waals surface area contributed by atoms with E-state index in [-0.39, 0.29) is 21.3 Å². The molecule has 5 nitrogen and oxygen atoms in total. The minimum absolute atomic E-state index is 0.0143. The number of hydrogen-bond donors (Lipinski definition) is 2. The van der Waals surface area contributed by atoms with E-state index < -0.39 is 16.0 Å². The fraction of sp³-hybridized carbons (Fsp3) is 0.462. The molecule has 0 spiro atoms. The van der Waals surface area contributed by atoms with E-state index >= 15 is 0 Å². The molecule has 1 aromatic carbocycles. The van der Waals surface area contributed by atoms with Crippen LogP contribution in [0.1, 0.15) is 15.9 Å². The lowest BCUT2D eigenvalue weighted by Gasteiger charge is -2.21. The number of rotatable bonds is 5. The Labute approximate surface area is 132 Å². The van der Waals surface area contributed by atoms with Gasteiger partial charge in [-0.1, -0.05) is 6.07 Å². The summed E-state index contributed by atoms with van der Waals surface area (Å²) in [6.07, 6.45) is 0. The first kappa shape index (κ1) is 16.7. The third kappa shape index (κ3) is 4.15. The van der Waals surface area contributed by atoms with E-state index in [0.29, 0.717) is 6.54 Å². The molecule has 8 heteroatoms. The van der Waals surface area contributed by atoms with Gasteiger partial charge in [-0.25, -0.2) is 17.9 Å². The predicted octanol–water partition coefficient (Wildman–Crippen LogP) is 1.82. The quantitative estimate of drug-likeness (QED) is 0.845. The number of hydrogen-bond acceptors (Lipinski definition) is 5. The summed E-state index contributed by atoms with van der Waals surface area (Å²) in [6, 6.07) is 4.30. The van der Waals surface area contributed by atoms with Crippen LogP contribution in [0.3, 0.4) is 0 Å². The second-order valence-electron chi connectivity index (χ2n) is 4.65. The van der Waals surface area contributed by atoms with Crippen molar-refractivity contribution in [2.75, 3.05) is 23.8 Å². The summed E-state index contributed by atoms with van der Waals surface area (Å²) in [5.74, 6) is 1.95. The molecule has 0 amide bonds. The van der Waals surface area contributed by atoms with Crippen LogP contribution in [0.15, 0.2) is 23.1 Å². The third-order valence-electron chi connectivity index (χ3n) is 3.19. The molecule has 1 aliphatic heterocycles. The Bertz CT molecular complexity index is 624. The standard InChI is InChI=1S/C13H17NO4S3/c1-9-11(13(15)16)3-2-4-12(9)21(17,18)14-7-10-8-19-5-6-20-10/h2-4,10,14H,5-8H2,1H3,(H,15,16). The van der Waals surface area contributed by atoms with Gasteiger partial charge in [0.15, 0.2) is 0 Å². The minimum Gasteiger partial charge on any atom is -0.478 e. The van der Waals surface area contributed by atoms with Crippen molar-refractivity contribution in [1.29, 1.82) is 0 Å². The second-order valence-corrected chi connectivity index (χ2v) is 8.95. The monoisotopic (exact) mass is 347 g/mol. The van der Waals surface area contributed by atoms with Gasteiger partial charge in [0, 0.05) is 29.1 Å². The number of carboxylic acids is 1. The Kier molecular flexibility index (Phi) is 5.59. The summed E-state index contributed by atoms with van der Waals surface area (Å²) in [5, 5.41) is 9.33. The average Bonchev–Trinajstić information content (AvgIpc) is 2.46. The molecule has 2 rings (SSSR count). The Balaban J connectivity index is 2.15. The van der Waals surface area contributed by atoms with Crippen molar-refractivity contribution < 1.29 is 18.3 Å². The van der Waals surface area contributed by atoms with Crippen molar-refractivity contribution in [1.82, 2.24) is 4.72 Å². The highest BCUT2D eigenvalue weighted by Gasteiger charge is 2.22. The van der Waals surface area contributed by atoms with Crippen LogP contribution in [0.25, 0.3) is 0 Å². The molecule has 1 aliphatic rings. The summed E-state index contributed by atoms with van der Waals surface area (Å²) in [5.41, 5.74) is 0.281. The van der Waals surface area contributed by atoms with Crippen LogP contribution in [0, 0.1) is 6.92 Å². The minimum atomic E-state index is -3.68. The molecular formula is C13H17NO4S3. The molecule has 1 heterocycles. The van der Waals surface area contributed by atoms with Crippen LogP contribution in [-0.2, 0) is 10.0 Å². The Morgan fingerprint density at radius 2 is 2.19 bits per heavy atom. The normalized spacial score (nSPS) is 19.4. The molecule has 21 heavy (non-hydrogen) atoms. The van der Waals surface area contributed by atoms with E-state index in [0.717, 1.165) is 17.3 Å². The summed E-state index contributed by atoms with van der Waals surface area (Å²) in [4.78, 5) is 11.1. The molecular weight excluding hydrogens is 330 g/mol. The van der Waals surface area contributed by atoms with Gasteiger partial charge in [0.05, 0.1) is 10.5 Å². The van der Waals surface area contributed by atoms with E-state index in [4.69, 9.17) is 5.11 Å². The molecule has 0 saturated carbocycles. The molecule has 1 aromatic rings. The molecule has 0 aliphatic carbocycles. The number of carbonyl (C=O) groups is 1. The SMILES string of the molecule is Cc1c(C(=O)O)cccc1S(=O)(=O)NCC1CSCCS1. The largest absolute Gasteiger partial charge is 0.478 e. The first-order valence-electron chi connectivity index (χ1n) is 6.44. The molecule has 0 radical (unpaired) electrons. The number of aromatic carboxylic acids is 1. The first-order valence-corrected chi connectivity index (χ1v) is 10.1. The van der Waals surface area contributed by atoms with E-state index in [2.05, 4.69) is 4.72 Å². The van der Waals surface area contributed by atoms with Crippen molar-refractivity contribution >= 4 is 39.5 Å². The molecule has 1 atom stereocenters. The fourth-order valence-corrected chi connectivity index (χ4v) is 6.14. The van der Waals surface area contributed by atoms with Crippen molar-refractivity contribution in [2.24, 2.45) is 0 Å². The Hall–Kier alpha value is -0.700. The van der Waals surface area contributed by atoms with Gasteiger partial charge in [-0.05, 0) is 24.6 Å². The van der Waals surface area contributed by atoms with Crippen molar-refractivity contribution in [2.45, 2.75) is 17.1 Å². The van der Waals surface area contributed by atoms with Crippen LogP contribution in [-0.4, -0.2) is 48.5 Å². The zero-order valence-electron chi connectivity index (χ0n) is 11.5. The van der Waals surface area contributed by atoms with Crippen LogP contribution in [0.5, 0.6) is 0 Å². The molecule has 1 fully saturated rings. The van der Waals surface area contributed by atoms with Crippen LogP contribution in [0.4, 0.5) is 0 Å². The summed E-state index contributed by atoms with van der Waals surface area (Å²) >= 11 is 3.59. The van der Waals surface area contributed by atoms with Gasteiger partial charge in [0.25, 0.3) is 0 Å². The van der Waals surface area contributed by atoms with Gasteiger partial charge >= 0.3 is 5.97 Å². The highest BCUT2D eigenvalue weighted by molar-refractivity contribution is 8.06. The van der Waals surface area contributed by atoms with E-state index in [1.807, 2.05) is 11.8 Å². The van der Waals surface area contributed by atoms with Gasteiger partial charge < -0.3 is 5.11 Å². The number of nitrogens with one attached hydrogen (secondary N) is 1. The van der Waals surface area contributed by atoms with Gasteiger partial charge in [-0.15, -0.1) is 0 Å². The summed E-state index contributed by atoms with van der Waals surface area (Å²) in [7, 11) is -3.68. The van der Waals surface area contributed by atoms with Crippen molar-refractivity contribution in [3.63, 3.8) is 0 Å². The molecule has 1 saturated heterocycles. The van der Waals surface area contributed by atoms with Crippen molar-refractivity contribution in [3.05, 3.63) is 29.3 Å². The van der Waals surface area contributed by atoms with Gasteiger partial charge in [-0.3, -0.25) is 0 Å². The maximum absolute atomic E-state index is 12.4. The van der Waals surface area contributed by atoms with Gasteiger partial charge in [-0.2, -0.15) is 23.5 Å². The first-order chi connectivity index (χ1) is 9.92. The molecule has 0 aromatic heterocycles.